The molecule has 3 nitrogen and oxygen atoms in total. The van der Waals surface area contributed by atoms with Crippen LogP contribution in [0.4, 0.5) is 8.78 Å². The van der Waals surface area contributed by atoms with Crippen molar-refractivity contribution >= 4 is 5.91 Å². The van der Waals surface area contributed by atoms with Crippen LogP contribution < -0.4 is 5.32 Å². The third-order valence-electron chi connectivity index (χ3n) is 3.24. The monoisotopic (exact) mass is 268 g/mol. The van der Waals surface area contributed by atoms with Crippen molar-refractivity contribution in [1.29, 1.82) is 0 Å². The van der Waals surface area contributed by atoms with Gasteiger partial charge in [0.2, 0.25) is 5.91 Å². The van der Waals surface area contributed by atoms with Gasteiger partial charge < -0.3 is 10.2 Å². The highest BCUT2D eigenvalue weighted by Crippen LogP contribution is 2.11. The topological polar surface area (TPSA) is 32.3 Å². The van der Waals surface area contributed by atoms with Crippen LogP contribution in [0.5, 0.6) is 0 Å². The van der Waals surface area contributed by atoms with E-state index in [2.05, 4.69) is 5.32 Å². The summed E-state index contributed by atoms with van der Waals surface area (Å²) in [6.07, 6.45) is 1.54. The summed E-state index contributed by atoms with van der Waals surface area (Å²) in [5.74, 6) is -0.955. The number of rotatable bonds is 5. The molecule has 1 aromatic carbocycles. The third kappa shape index (κ3) is 3.99. The summed E-state index contributed by atoms with van der Waals surface area (Å²) in [6, 6.07) is 3.57. The van der Waals surface area contributed by atoms with E-state index in [0.717, 1.165) is 19.0 Å². The Balaban J connectivity index is 1.82. The van der Waals surface area contributed by atoms with Gasteiger partial charge in [-0.3, -0.25) is 4.79 Å². The molecule has 1 aromatic rings. The van der Waals surface area contributed by atoms with Crippen LogP contribution in [0.2, 0.25) is 0 Å². The minimum absolute atomic E-state index is 0.0911. The van der Waals surface area contributed by atoms with E-state index in [0.29, 0.717) is 25.1 Å². The Kier molecular flexibility index (Phi) is 4.47. The first-order valence-electron chi connectivity index (χ1n) is 6.51. The Morgan fingerprint density at radius 1 is 1.32 bits per heavy atom. The van der Waals surface area contributed by atoms with Gasteiger partial charge in [-0.25, -0.2) is 8.78 Å². The minimum Gasteiger partial charge on any atom is -0.341 e. The molecular formula is C14H18F2N2O. The zero-order valence-electron chi connectivity index (χ0n) is 11.0. The van der Waals surface area contributed by atoms with Crippen molar-refractivity contribution in [1.82, 2.24) is 10.2 Å². The standard InChI is InChI=1S/C14H18F2N2O/c1-10(9-18-4-2-3-14(18)19)17-8-11-5-12(15)7-13(16)6-11/h5-7,10,17H,2-4,8-9H2,1H3. The van der Waals surface area contributed by atoms with Gasteiger partial charge in [-0.1, -0.05) is 0 Å². The number of hydrogen-bond donors (Lipinski definition) is 1. The molecule has 1 amide bonds. The molecule has 0 bridgehead atoms. The van der Waals surface area contributed by atoms with E-state index >= 15 is 0 Å². The first-order chi connectivity index (χ1) is 9.04. The summed E-state index contributed by atoms with van der Waals surface area (Å²) in [6.45, 7) is 3.79. The predicted octanol–water partition coefficient (Wildman–Crippen LogP) is 2.07. The number of carbonyl (C=O) groups is 1. The SMILES string of the molecule is CC(CN1CCCC1=O)NCc1cc(F)cc(F)c1. The van der Waals surface area contributed by atoms with Crippen molar-refractivity contribution < 1.29 is 13.6 Å². The highest BCUT2D eigenvalue weighted by molar-refractivity contribution is 5.78. The molecular weight excluding hydrogens is 250 g/mol. The lowest BCUT2D eigenvalue weighted by Crippen LogP contribution is -2.39. The maximum Gasteiger partial charge on any atom is 0.222 e. The fourth-order valence-corrected chi connectivity index (χ4v) is 2.30. The van der Waals surface area contributed by atoms with E-state index in [9.17, 15) is 13.6 Å². The molecule has 5 heteroatoms. The van der Waals surface area contributed by atoms with Gasteiger partial charge >= 0.3 is 0 Å². The van der Waals surface area contributed by atoms with Crippen LogP contribution in [0, 0.1) is 11.6 Å². The number of nitrogens with zero attached hydrogens (tertiary/aromatic N) is 1. The molecule has 1 atom stereocenters. The van der Waals surface area contributed by atoms with Crippen LogP contribution in [0.3, 0.4) is 0 Å². The van der Waals surface area contributed by atoms with Gasteiger partial charge in [0, 0.05) is 38.2 Å². The van der Waals surface area contributed by atoms with Gasteiger partial charge in [0.05, 0.1) is 0 Å². The Labute approximate surface area is 111 Å². The molecule has 104 valence electrons. The van der Waals surface area contributed by atoms with Gasteiger partial charge in [0.25, 0.3) is 0 Å². The average Bonchev–Trinajstić information content (AvgIpc) is 2.71. The molecule has 0 radical (unpaired) electrons. The normalized spacial score (nSPS) is 17.0. The van der Waals surface area contributed by atoms with E-state index in [-0.39, 0.29) is 11.9 Å². The maximum absolute atomic E-state index is 13.0. The average molecular weight is 268 g/mol. The first-order valence-corrected chi connectivity index (χ1v) is 6.51. The lowest BCUT2D eigenvalue weighted by Gasteiger charge is -2.21. The lowest BCUT2D eigenvalue weighted by atomic mass is 10.2. The maximum atomic E-state index is 13.0. The number of benzene rings is 1. The summed E-state index contributed by atoms with van der Waals surface area (Å²) < 4.78 is 26.0. The molecule has 1 heterocycles. The molecule has 1 aliphatic heterocycles. The summed E-state index contributed by atoms with van der Waals surface area (Å²) in [4.78, 5) is 13.3. The number of likely N-dealkylation sites (tertiary alicyclic amines) is 1. The molecule has 0 aromatic heterocycles. The molecule has 1 fully saturated rings. The van der Waals surface area contributed by atoms with Crippen LogP contribution in [0.25, 0.3) is 0 Å². The number of amides is 1. The van der Waals surface area contributed by atoms with Crippen LogP contribution in [-0.4, -0.2) is 29.9 Å². The third-order valence-corrected chi connectivity index (χ3v) is 3.24. The van der Waals surface area contributed by atoms with E-state index in [1.165, 1.54) is 12.1 Å². The first kappa shape index (κ1) is 13.9. The van der Waals surface area contributed by atoms with Gasteiger partial charge in [-0.15, -0.1) is 0 Å². The highest BCUT2D eigenvalue weighted by Gasteiger charge is 2.21. The van der Waals surface area contributed by atoms with Gasteiger partial charge in [0.1, 0.15) is 11.6 Å². The number of halogens is 2. The summed E-state index contributed by atoms with van der Waals surface area (Å²) in [5, 5.41) is 3.17. The minimum atomic E-state index is -0.570. The molecule has 1 N–H and O–H groups in total. The molecule has 0 aliphatic carbocycles. The molecule has 19 heavy (non-hydrogen) atoms. The molecule has 0 spiro atoms. The largest absolute Gasteiger partial charge is 0.341 e. The van der Waals surface area contributed by atoms with Crippen molar-refractivity contribution in [2.24, 2.45) is 0 Å². The van der Waals surface area contributed by atoms with Crippen LogP contribution in [0.15, 0.2) is 18.2 Å². The fourth-order valence-electron chi connectivity index (χ4n) is 2.30. The Morgan fingerprint density at radius 2 is 2.00 bits per heavy atom. The van der Waals surface area contributed by atoms with Crippen LogP contribution in [-0.2, 0) is 11.3 Å². The quantitative estimate of drug-likeness (QED) is 0.886. The Hall–Kier alpha value is -1.49. The van der Waals surface area contributed by atoms with E-state index in [1.54, 1.807) is 0 Å². The summed E-state index contributed by atoms with van der Waals surface area (Å²) >= 11 is 0. The van der Waals surface area contributed by atoms with Crippen molar-refractivity contribution in [3.05, 3.63) is 35.4 Å². The second kappa shape index (κ2) is 6.10. The van der Waals surface area contributed by atoms with Gasteiger partial charge in [0.15, 0.2) is 0 Å². The highest BCUT2D eigenvalue weighted by atomic mass is 19.1. The van der Waals surface area contributed by atoms with Crippen molar-refractivity contribution in [2.45, 2.75) is 32.4 Å². The smallest absolute Gasteiger partial charge is 0.222 e. The molecule has 0 saturated carbocycles. The molecule has 1 aliphatic rings. The molecule has 1 unspecified atom stereocenters. The van der Waals surface area contributed by atoms with Gasteiger partial charge in [-0.2, -0.15) is 0 Å². The molecule has 1 saturated heterocycles. The number of nitrogens with one attached hydrogen (secondary N) is 1. The van der Waals surface area contributed by atoms with Crippen molar-refractivity contribution in [2.75, 3.05) is 13.1 Å². The Bertz CT molecular complexity index is 445. The lowest BCUT2D eigenvalue weighted by molar-refractivity contribution is -0.127. The second-order valence-electron chi connectivity index (χ2n) is 5.00. The number of carbonyl (C=O) groups excluding carboxylic acids is 1. The van der Waals surface area contributed by atoms with Crippen molar-refractivity contribution in [3.8, 4) is 0 Å². The van der Waals surface area contributed by atoms with Gasteiger partial charge in [-0.05, 0) is 31.0 Å². The second-order valence-corrected chi connectivity index (χ2v) is 5.00. The van der Waals surface area contributed by atoms with E-state index < -0.39 is 11.6 Å². The fraction of sp³-hybridized carbons (Fsp3) is 0.500. The Morgan fingerprint density at radius 3 is 2.58 bits per heavy atom. The molecule has 2 rings (SSSR count). The number of hydrogen-bond acceptors (Lipinski definition) is 2. The van der Waals surface area contributed by atoms with Crippen LogP contribution >= 0.6 is 0 Å². The zero-order chi connectivity index (χ0) is 13.8. The predicted molar refractivity (Wildman–Crippen MR) is 68.5 cm³/mol. The summed E-state index contributed by atoms with van der Waals surface area (Å²) in [7, 11) is 0. The van der Waals surface area contributed by atoms with E-state index in [4.69, 9.17) is 0 Å². The van der Waals surface area contributed by atoms with Crippen molar-refractivity contribution in [3.63, 3.8) is 0 Å². The van der Waals surface area contributed by atoms with E-state index in [1.807, 2.05) is 11.8 Å². The zero-order valence-corrected chi connectivity index (χ0v) is 11.0. The van der Waals surface area contributed by atoms with Crippen LogP contribution in [0.1, 0.15) is 25.3 Å². The summed E-state index contributed by atoms with van der Waals surface area (Å²) in [5.41, 5.74) is 0.567.